The number of aromatic nitrogens is 4. The van der Waals surface area contributed by atoms with Crippen molar-refractivity contribution in [2.75, 3.05) is 6.54 Å². The quantitative estimate of drug-likeness (QED) is 0.812. The second-order valence-corrected chi connectivity index (χ2v) is 4.65. The highest BCUT2D eigenvalue weighted by Crippen LogP contribution is 2.03. The summed E-state index contributed by atoms with van der Waals surface area (Å²) in [6, 6.07) is 1.76. The lowest BCUT2D eigenvalue weighted by Crippen LogP contribution is -2.30. The largest absolute Gasteiger partial charge is 0.481 e. The van der Waals surface area contributed by atoms with Crippen LogP contribution in [0.2, 0.25) is 0 Å². The zero-order valence-corrected chi connectivity index (χ0v) is 11.2. The Labute approximate surface area is 114 Å². The van der Waals surface area contributed by atoms with Gasteiger partial charge in [-0.3, -0.25) is 9.59 Å². The Morgan fingerprint density at radius 1 is 1.50 bits per heavy atom. The van der Waals surface area contributed by atoms with Crippen molar-refractivity contribution in [2.24, 2.45) is 5.92 Å². The van der Waals surface area contributed by atoms with Crippen LogP contribution in [0, 0.1) is 12.8 Å². The first kappa shape index (κ1) is 13.9. The third-order valence-electron chi connectivity index (χ3n) is 2.77. The molecule has 0 spiro atoms. The monoisotopic (exact) mass is 277 g/mol. The molecule has 0 saturated heterocycles. The number of fused-ring (bicyclic) bond motifs is 1. The van der Waals surface area contributed by atoms with Crippen molar-refractivity contribution in [1.82, 2.24) is 24.9 Å². The standard InChI is InChI=1S/C12H15N5O3/c1-7(5-9(18)19)6-14-11(20)10-15-12-13-4-3-8(2)17(12)16-10/h3-4,7H,5-6H2,1-2H3,(H,14,20)(H,18,19). The molecule has 0 bridgehead atoms. The molecule has 2 rings (SSSR count). The number of carbonyl (C=O) groups excluding carboxylic acids is 1. The molecule has 0 radical (unpaired) electrons. The summed E-state index contributed by atoms with van der Waals surface area (Å²) < 4.78 is 1.48. The summed E-state index contributed by atoms with van der Waals surface area (Å²) in [6.45, 7) is 3.84. The van der Waals surface area contributed by atoms with E-state index in [1.54, 1.807) is 19.2 Å². The number of nitrogens with one attached hydrogen (secondary N) is 1. The second-order valence-electron chi connectivity index (χ2n) is 4.65. The number of amides is 1. The average Bonchev–Trinajstić information content (AvgIpc) is 2.80. The fraction of sp³-hybridized carbons (Fsp3) is 0.417. The smallest absolute Gasteiger partial charge is 0.303 e. The van der Waals surface area contributed by atoms with Gasteiger partial charge in [0.15, 0.2) is 0 Å². The van der Waals surface area contributed by atoms with Crippen molar-refractivity contribution < 1.29 is 14.7 Å². The first-order chi connectivity index (χ1) is 9.47. The molecule has 8 nitrogen and oxygen atoms in total. The first-order valence-corrected chi connectivity index (χ1v) is 6.15. The number of carbonyl (C=O) groups is 2. The molecule has 2 N–H and O–H groups in total. The molecule has 20 heavy (non-hydrogen) atoms. The summed E-state index contributed by atoms with van der Waals surface area (Å²) >= 11 is 0. The highest BCUT2D eigenvalue weighted by molar-refractivity contribution is 5.90. The van der Waals surface area contributed by atoms with E-state index in [0.717, 1.165) is 5.69 Å². The Balaban J connectivity index is 2.04. The van der Waals surface area contributed by atoms with E-state index in [9.17, 15) is 9.59 Å². The van der Waals surface area contributed by atoms with Crippen LogP contribution in [0.4, 0.5) is 0 Å². The average molecular weight is 277 g/mol. The van der Waals surface area contributed by atoms with Crippen LogP contribution in [0.15, 0.2) is 12.3 Å². The van der Waals surface area contributed by atoms with Crippen LogP contribution in [0.1, 0.15) is 29.7 Å². The van der Waals surface area contributed by atoms with Gasteiger partial charge in [0, 0.05) is 24.9 Å². The molecule has 1 amide bonds. The summed E-state index contributed by atoms with van der Waals surface area (Å²) in [6.07, 6.45) is 1.59. The fourth-order valence-corrected chi connectivity index (χ4v) is 1.72. The van der Waals surface area contributed by atoms with Gasteiger partial charge in [0.05, 0.1) is 0 Å². The van der Waals surface area contributed by atoms with Crippen molar-refractivity contribution >= 4 is 17.7 Å². The Morgan fingerprint density at radius 2 is 2.25 bits per heavy atom. The summed E-state index contributed by atoms with van der Waals surface area (Å²) in [5, 5.41) is 15.3. The second kappa shape index (κ2) is 5.64. The number of aliphatic carboxylic acids is 1. The van der Waals surface area contributed by atoms with Crippen LogP contribution >= 0.6 is 0 Å². The Kier molecular flexibility index (Phi) is 3.92. The third kappa shape index (κ3) is 3.08. The predicted molar refractivity (Wildman–Crippen MR) is 69.3 cm³/mol. The van der Waals surface area contributed by atoms with Crippen molar-refractivity contribution in [2.45, 2.75) is 20.3 Å². The number of nitrogens with zero attached hydrogens (tertiary/aromatic N) is 4. The normalized spacial score (nSPS) is 12.3. The van der Waals surface area contributed by atoms with E-state index < -0.39 is 11.9 Å². The van der Waals surface area contributed by atoms with Gasteiger partial charge in [0.1, 0.15) is 0 Å². The van der Waals surface area contributed by atoms with Gasteiger partial charge in [-0.15, -0.1) is 5.10 Å². The van der Waals surface area contributed by atoms with Gasteiger partial charge in [-0.25, -0.2) is 9.50 Å². The summed E-state index contributed by atoms with van der Waals surface area (Å²) in [4.78, 5) is 30.5. The summed E-state index contributed by atoms with van der Waals surface area (Å²) in [5.41, 5.74) is 0.820. The van der Waals surface area contributed by atoms with E-state index in [1.165, 1.54) is 4.52 Å². The van der Waals surface area contributed by atoms with Gasteiger partial charge in [0.25, 0.3) is 11.7 Å². The molecule has 0 fully saturated rings. The zero-order chi connectivity index (χ0) is 14.7. The SMILES string of the molecule is Cc1ccnc2nc(C(=O)NCC(C)CC(=O)O)nn12. The van der Waals surface area contributed by atoms with E-state index in [2.05, 4.69) is 20.4 Å². The molecular formula is C12H15N5O3. The molecule has 1 unspecified atom stereocenters. The molecule has 0 aliphatic carbocycles. The Bertz CT molecular complexity index is 652. The molecule has 106 valence electrons. The Morgan fingerprint density at radius 3 is 2.90 bits per heavy atom. The third-order valence-corrected chi connectivity index (χ3v) is 2.77. The van der Waals surface area contributed by atoms with Crippen LogP contribution in [-0.2, 0) is 4.79 Å². The minimum absolute atomic E-state index is 0.000458. The number of aryl methyl sites for hydroxylation is 1. The van der Waals surface area contributed by atoms with Gasteiger partial charge < -0.3 is 10.4 Å². The molecule has 8 heteroatoms. The van der Waals surface area contributed by atoms with Crippen molar-refractivity contribution in [3.63, 3.8) is 0 Å². The maximum absolute atomic E-state index is 11.9. The molecule has 0 aliphatic heterocycles. The van der Waals surface area contributed by atoms with Gasteiger partial charge in [-0.05, 0) is 18.9 Å². The predicted octanol–water partition coefficient (Wildman–Crippen LogP) is 0.273. The van der Waals surface area contributed by atoms with E-state index in [1.807, 2.05) is 6.92 Å². The molecule has 2 heterocycles. The van der Waals surface area contributed by atoms with Crippen LogP contribution in [0.5, 0.6) is 0 Å². The van der Waals surface area contributed by atoms with Crippen LogP contribution in [0.3, 0.4) is 0 Å². The number of carboxylic acids is 1. The van der Waals surface area contributed by atoms with E-state index in [-0.39, 0.29) is 24.7 Å². The van der Waals surface area contributed by atoms with E-state index >= 15 is 0 Å². The van der Waals surface area contributed by atoms with E-state index in [0.29, 0.717) is 5.78 Å². The van der Waals surface area contributed by atoms with Gasteiger partial charge >= 0.3 is 5.97 Å². The lowest BCUT2D eigenvalue weighted by Gasteiger charge is -2.08. The fourth-order valence-electron chi connectivity index (χ4n) is 1.72. The number of carboxylic acid groups (broad SMARTS) is 1. The number of hydrogen-bond acceptors (Lipinski definition) is 5. The van der Waals surface area contributed by atoms with Gasteiger partial charge in [-0.1, -0.05) is 6.92 Å². The lowest BCUT2D eigenvalue weighted by molar-refractivity contribution is -0.137. The topological polar surface area (TPSA) is 109 Å². The van der Waals surface area contributed by atoms with Crippen LogP contribution < -0.4 is 5.32 Å². The molecular weight excluding hydrogens is 262 g/mol. The maximum Gasteiger partial charge on any atom is 0.303 e. The van der Waals surface area contributed by atoms with Gasteiger partial charge in [-0.2, -0.15) is 4.98 Å². The lowest BCUT2D eigenvalue weighted by atomic mass is 10.1. The minimum Gasteiger partial charge on any atom is -0.481 e. The number of hydrogen-bond donors (Lipinski definition) is 2. The van der Waals surface area contributed by atoms with Crippen LogP contribution in [0.25, 0.3) is 5.78 Å². The Hall–Kier alpha value is -2.51. The van der Waals surface area contributed by atoms with Crippen molar-refractivity contribution in [1.29, 1.82) is 0 Å². The zero-order valence-electron chi connectivity index (χ0n) is 11.2. The number of rotatable bonds is 5. The van der Waals surface area contributed by atoms with Crippen molar-refractivity contribution in [3.05, 3.63) is 23.8 Å². The maximum atomic E-state index is 11.9. The highest BCUT2D eigenvalue weighted by Gasteiger charge is 2.15. The molecule has 0 aliphatic rings. The minimum atomic E-state index is -0.891. The molecule has 0 aromatic carbocycles. The summed E-state index contributed by atoms with van der Waals surface area (Å²) in [5.74, 6) is -1.11. The molecule has 1 atom stereocenters. The summed E-state index contributed by atoms with van der Waals surface area (Å²) in [7, 11) is 0. The van der Waals surface area contributed by atoms with Crippen molar-refractivity contribution in [3.8, 4) is 0 Å². The van der Waals surface area contributed by atoms with Gasteiger partial charge in [0.2, 0.25) is 5.82 Å². The highest BCUT2D eigenvalue weighted by atomic mass is 16.4. The molecule has 2 aromatic heterocycles. The van der Waals surface area contributed by atoms with Crippen LogP contribution in [-0.4, -0.2) is 43.1 Å². The van der Waals surface area contributed by atoms with E-state index in [4.69, 9.17) is 5.11 Å². The molecule has 2 aromatic rings. The molecule has 0 saturated carbocycles. The first-order valence-electron chi connectivity index (χ1n) is 6.15.